The van der Waals surface area contributed by atoms with E-state index < -0.39 is 10.0 Å². The fourth-order valence-corrected chi connectivity index (χ4v) is 6.16. The van der Waals surface area contributed by atoms with Crippen LogP contribution in [0.2, 0.25) is 0 Å². The second-order valence-corrected chi connectivity index (χ2v) is 11.2. The molecule has 2 heterocycles. The Bertz CT molecular complexity index is 812. The molecule has 2 atom stereocenters. The molecule has 2 aliphatic rings. The molecule has 1 amide bonds. The van der Waals surface area contributed by atoms with E-state index in [4.69, 9.17) is 0 Å². The number of rotatable bonds is 8. The number of piperidine rings is 1. The number of hydrogen-bond acceptors (Lipinski definition) is 5. The van der Waals surface area contributed by atoms with E-state index in [9.17, 15) is 13.2 Å². The van der Waals surface area contributed by atoms with Crippen LogP contribution < -0.4 is 5.32 Å². The molecule has 0 spiro atoms. The molecule has 31 heavy (non-hydrogen) atoms. The highest BCUT2D eigenvalue weighted by Gasteiger charge is 2.28. The molecule has 2 aliphatic heterocycles. The molecule has 1 N–H and O–H groups in total. The minimum Gasteiger partial charge on any atom is -0.340 e. The molecule has 1 aromatic rings. The monoisotopic (exact) mass is 450 g/mol. The Morgan fingerprint density at radius 1 is 1.06 bits per heavy atom. The topological polar surface area (TPSA) is 73.0 Å². The van der Waals surface area contributed by atoms with Crippen LogP contribution in [0.4, 0.5) is 0 Å². The number of piperazine rings is 1. The zero-order chi connectivity index (χ0) is 22.4. The van der Waals surface area contributed by atoms with Gasteiger partial charge >= 0.3 is 0 Å². The van der Waals surface area contributed by atoms with Crippen molar-refractivity contribution in [3.63, 3.8) is 0 Å². The smallest absolute Gasteiger partial charge is 0.243 e. The van der Waals surface area contributed by atoms with Gasteiger partial charge < -0.3 is 15.1 Å². The van der Waals surface area contributed by atoms with Crippen molar-refractivity contribution >= 4 is 15.9 Å². The van der Waals surface area contributed by atoms with Crippen molar-refractivity contribution in [1.82, 2.24) is 19.4 Å². The average Bonchev–Trinajstić information content (AvgIpc) is 2.73. The summed E-state index contributed by atoms with van der Waals surface area (Å²) in [6.07, 6.45) is 1.44. The van der Waals surface area contributed by atoms with Crippen LogP contribution >= 0.6 is 0 Å². The van der Waals surface area contributed by atoms with Crippen molar-refractivity contribution in [1.29, 1.82) is 0 Å². The summed E-state index contributed by atoms with van der Waals surface area (Å²) in [5.74, 6) is 1.28. The van der Waals surface area contributed by atoms with E-state index in [1.54, 1.807) is 12.1 Å². The van der Waals surface area contributed by atoms with Gasteiger partial charge in [0.2, 0.25) is 15.9 Å². The highest BCUT2D eigenvalue weighted by Crippen LogP contribution is 2.22. The van der Waals surface area contributed by atoms with Crippen LogP contribution in [0.1, 0.15) is 32.3 Å². The fourth-order valence-electron chi connectivity index (χ4n) is 4.73. The number of benzene rings is 1. The first-order valence-corrected chi connectivity index (χ1v) is 13.0. The van der Waals surface area contributed by atoms with Gasteiger partial charge in [-0.2, -0.15) is 4.31 Å². The summed E-state index contributed by atoms with van der Waals surface area (Å²) >= 11 is 0. The summed E-state index contributed by atoms with van der Waals surface area (Å²) in [6, 6.07) is 6.98. The van der Waals surface area contributed by atoms with E-state index in [1.807, 2.05) is 24.0 Å². The third kappa shape index (κ3) is 6.75. The highest BCUT2D eigenvalue weighted by atomic mass is 32.2. The molecular weight excluding hydrogens is 412 g/mol. The molecule has 0 bridgehead atoms. The number of carbonyl (C=O) groups is 1. The van der Waals surface area contributed by atoms with Crippen molar-refractivity contribution in [2.45, 2.75) is 38.5 Å². The minimum absolute atomic E-state index is 0.0332. The summed E-state index contributed by atoms with van der Waals surface area (Å²) in [4.78, 5) is 17.2. The van der Waals surface area contributed by atoms with Crippen LogP contribution in [-0.2, 0) is 14.8 Å². The fraction of sp³-hybridized carbons (Fsp3) is 0.696. The molecule has 0 saturated carbocycles. The quantitative estimate of drug-likeness (QED) is 0.654. The average molecular weight is 451 g/mol. The molecule has 0 aromatic heterocycles. The Kier molecular flexibility index (Phi) is 8.50. The largest absolute Gasteiger partial charge is 0.340 e. The summed E-state index contributed by atoms with van der Waals surface area (Å²) in [5, 5.41) is 3.24. The zero-order valence-electron chi connectivity index (χ0n) is 19.2. The van der Waals surface area contributed by atoms with Crippen molar-refractivity contribution in [2.75, 3.05) is 58.9 Å². The van der Waals surface area contributed by atoms with E-state index in [-0.39, 0.29) is 18.9 Å². The Labute approximate surface area is 187 Å². The van der Waals surface area contributed by atoms with E-state index in [0.717, 1.165) is 31.7 Å². The van der Waals surface area contributed by atoms with Gasteiger partial charge in [0, 0.05) is 65.3 Å². The van der Waals surface area contributed by atoms with E-state index >= 15 is 0 Å². The molecule has 1 aromatic carbocycles. The highest BCUT2D eigenvalue weighted by molar-refractivity contribution is 7.89. The van der Waals surface area contributed by atoms with Gasteiger partial charge in [-0.05, 0) is 37.3 Å². The maximum Gasteiger partial charge on any atom is 0.243 e. The number of nitrogens with zero attached hydrogens (tertiary/aromatic N) is 3. The molecule has 0 radical (unpaired) electrons. The van der Waals surface area contributed by atoms with Gasteiger partial charge in [-0.3, -0.25) is 4.79 Å². The molecule has 7 nitrogen and oxygen atoms in total. The van der Waals surface area contributed by atoms with Crippen LogP contribution in [0.15, 0.2) is 29.2 Å². The van der Waals surface area contributed by atoms with E-state index in [1.165, 1.54) is 10.7 Å². The van der Waals surface area contributed by atoms with Crippen molar-refractivity contribution in [3.05, 3.63) is 29.8 Å². The first kappa shape index (κ1) is 24.2. The van der Waals surface area contributed by atoms with Gasteiger partial charge in [0.05, 0.1) is 4.90 Å². The third-order valence-electron chi connectivity index (χ3n) is 6.31. The van der Waals surface area contributed by atoms with Gasteiger partial charge in [-0.15, -0.1) is 0 Å². The first-order valence-electron chi connectivity index (χ1n) is 11.5. The Balaban J connectivity index is 1.69. The molecule has 0 unspecified atom stereocenters. The van der Waals surface area contributed by atoms with Crippen LogP contribution in [0, 0.1) is 18.8 Å². The minimum atomic E-state index is -3.65. The lowest BCUT2D eigenvalue weighted by Gasteiger charge is -2.36. The second kappa shape index (κ2) is 10.9. The molecule has 0 aliphatic carbocycles. The summed E-state index contributed by atoms with van der Waals surface area (Å²) in [5.41, 5.74) is 1.02. The predicted molar refractivity (Wildman–Crippen MR) is 123 cm³/mol. The second-order valence-electron chi connectivity index (χ2n) is 9.30. The van der Waals surface area contributed by atoms with Gasteiger partial charge in [0.25, 0.3) is 0 Å². The molecular formula is C23H38N4O3S. The Morgan fingerprint density at radius 3 is 2.29 bits per heavy atom. The van der Waals surface area contributed by atoms with Gasteiger partial charge in [0.15, 0.2) is 0 Å². The van der Waals surface area contributed by atoms with Crippen molar-refractivity contribution < 1.29 is 13.2 Å². The lowest BCUT2D eigenvalue weighted by atomic mass is 9.92. The Morgan fingerprint density at radius 2 is 1.68 bits per heavy atom. The van der Waals surface area contributed by atoms with Gasteiger partial charge in [-0.25, -0.2) is 8.42 Å². The number of aryl methyl sites for hydroxylation is 1. The molecule has 2 fully saturated rings. The normalized spacial score (nSPS) is 23.3. The van der Waals surface area contributed by atoms with E-state index in [0.29, 0.717) is 42.9 Å². The molecule has 174 valence electrons. The SMILES string of the molecule is Cc1ccc(S(=O)(=O)N(CCC(=O)N2CCNCC2)CCN2C[C@H](C)C[C@@H](C)C2)cc1. The number of nitrogens with one attached hydrogen (secondary N) is 1. The summed E-state index contributed by atoms with van der Waals surface area (Å²) in [7, 11) is -3.65. The zero-order valence-corrected chi connectivity index (χ0v) is 20.0. The molecule has 2 saturated heterocycles. The third-order valence-corrected chi connectivity index (χ3v) is 8.23. The van der Waals surface area contributed by atoms with Crippen LogP contribution in [0.3, 0.4) is 0 Å². The number of amides is 1. The van der Waals surface area contributed by atoms with Crippen LogP contribution in [0.5, 0.6) is 0 Å². The molecule has 3 rings (SSSR count). The lowest BCUT2D eigenvalue weighted by Crippen LogP contribution is -2.48. The number of sulfonamides is 1. The van der Waals surface area contributed by atoms with E-state index in [2.05, 4.69) is 24.1 Å². The number of likely N-dealkylation sites (tertiary alicyclic amines) is 1. The Hall–Kier alpha value is -1.48. The standard InChI is InChI=1S/C23H38N4O3S/c1-19-4-6-22(7-5-19)31(29,30)27(11-8-23(28)26-12-9-24-10-13-26)15-14-25-17-20(2)16-21(3)18-25/h4-7,20-21,24H,8-18H2,1-3H3/t20-,21-/m1/s1. The summed E-state index contributed by atoms with van der Waals surface area (Å²) in [6.45, 7) is 12.8. The molecule has 8 heteroatoms. The van der Waals surface area contributed by atoms with Crippen LogP contribution in [0.25, 0.3) is 0 Å². The lowest BCUT2D eigenvalue weighted by molar-refractivity contribution is -0.131. The summed E-state index contributed by atoms with van der Waals surface area (Å²) < 4.78 is 28.3. The first-order chi connectivity index (χ1) is 14.8. The predicted octanol–water partition coefficient (Wildman–Crippen LogP) is 1.79. The van der Waals surface area contributed by atoms with Crippen molar-refractivity contribution in [3.8, 4) is 0 Å². The maximum atomic E-state index is 13.4. The van der Waals surface area contributed by atoms with Crippen molar-refractivity contribution in [2.24, 2.45) is 11.8 Å². The number of hydrogen-bond donors (Lipinski definition) is 1. The van der Waals surface area contributed by atoms with Gasteiger partial charge in [0.1, 0.15) is 0 Å². The number of carbonyl (C=O) groups excluding carboxylic acids is 1. The van der Waals surface area contributed by atoms with Crippen LogP contribution in [-0.4, -0.2) is 87.3 Å². The maximum absolute atomic E-state index is 13.4. The van der Waals surface area contributed by atoms with Gasteiger partial charge in [-0.1, -0.05) is 31.5 Å².